The molecule has 0 bridgehead atoms. The lowest BCUT2D eigenvalue weighted by Gasteiger charge is -2.19. The summed E-state index contributed by atoms with van der Waals surface area (Å²) in [5, 5.41) is 11.6. The lowest BCUT2D eigenvalue weighted by Crippen LogP contribution is -2.46. The molecule has 0 saturated heterocycles. The maximum absolute atomic E-state index is 12.0. The Bertz CT molecular complexity index is 740. The number of hydrogen-bond donors (Lipinski definition) is 4. The SMILES string of the molecule is CC/C=C\C/C=C\C/C=C\C/C=C\C/C=C\CCCC(=O)NN(C)CCNC(=O)CN(C)C(=N)N. The molecule has 8 heteroatoms. The molecule has 0 spiro atoms. The molecule has 0 aliphatic rings. The van der Waals surface area contributed by atoms with Gasteiger partial charge in [-0.2, -0.15) is 0 Å². The average molecular weight is 487 g/mol. The van der Waals surface area contributed by atoms with E-state index in [1.54, 1.807) is 19.1 Å². The lowest BCUT2D eigenvalue weighted by molar-refractivity contribution is -0.125. The molecule has 0 aromatic carbocycles. The number of allylic oxidation sites excluding steroid dienone is 10. The number of nitrogens with one attached hydrogen (secondary N) is 3. The minimum Gasteiger partial charge on any atom is -0.370 e. The molecular formula is C27H46N6O2. The normalized spacial score (nSPS) is 12.1. The standard InChI is InChI=1S/C27H46N6O2/c1-4-5-6-7-8-9-10-11-12-13-14-15-16-17-18-19-20-21-25(34)31-33(3)23-22-30-26(35)24-32(2)27(28)29/h5-6,8-9,11-12,14-15,17-18H,4,7,10,13,16,19-24H2,1-3H3,(H3,28,29)(H,30,35)(H,31,34)/b6-5-,9-8-,12-11-,15-14-,18-17-. The third-order valence-corrected chi connectivity index (χ3v) is 4.81. The summed E-state index contributed by atoms with van der Waals surface area (Å²) in [5.41, 5.74) is 8.10. The van der Waals surface area contributed by atoms with Crippen LogP contribution in [0.15, 0.2) is 60.8 Å². The number of carbonyl (C=O) groups excluding carboxylic acids is 2. The van der Waals surface area contributed by atoms with Gasteiger partial charge in [0, 0.05) is 33.6 Å². The van der Waals surface area contributed by atoms with E-state index >= 15 is 0 Å². The molecule has 2 amide bonds. The molecule has 0 aliphatic carbocycles. The van der Waals surface area contributed by atoms with Crippen LogP contribution in [0.2, 0.25) is 0 Å². The van der Waals surface area contributed by atoms with E-state index in [1.165, 1.54) is 4.90 Å². The zero-order valence-corrected chi connectivity index (χ0v) is 21.8. The molecule has 8 nitrogen and oxygen atoms in total. The van der Waals surface area contributed by atoms with Gasteiger partial charge in [0.1, 0.15) is 0 Å². The largest absolute Gasteiger partial charge is 0.370 e. The first-order chi connectivity index (χ1) is 16.9. The van der Waals surface area contributed by atoms with Crippen LogP contribution in [0.3, 0.4) is 0 Å². The van der Waals surface area contributed by atoms with Crippen molar-refractivity contribution >= 4 is 17.8 Å². The number of nitrogens with zero attached hydrogens (tertiary/aromatic N) is 2. The molecule has 0 atom stereocenters. The number of guanidine groups is 1. The highest BCUT2D eigenvalue weighted by atomic mass is 16.2. The zero-order valence-electron chi connectivity index (χ0n) is 21.8. The Balaban J connectivity index is 3.72. The van der Waals surface area contributed by atoms with Gasteiger partial charge in [-0.05, 0) is 44.9 Å². The van der Waals surface area contributed by atoms with Gasteiger partial charge in [0.05, 0.1) is 6.54 Å². The van der Waals surface area contributed by atoms with E-state index in [0.29, 0.717) is 19.5 Å². The van der Waals surface area contributed by atoms with Crippen LogP contribution >= 0.6 is 0 Å². The van der Waals surface area contributed by atoms with Gasteiger partial charge >= 0.3 is 0 Å². The van der Waals surface area contributed by atoms with Gasteiger partial charge in [-0.15, -0.1) is 0 Å². The van der Waals surface area contributed by atoms with Crippen molar-refractivity contribution in [3.63, 3.8) is 0 Å². The predicted octanol–water partition coefficient (Wildman–Crippen LogP) is 3.81. The summed E-state index contributed by atoms with van der Waals surface area (Å²) in [6, 6.07) is 0. The molecule has 0 aliphatic heterocycles. The summed E-state index contributed by atoms with van der Waals surface area (Å²) in [5.74, 6) is -0.420. The molecule has 0 unspecified atom stereocenters. The second-order valence-electron chi connectivity index (χ2n) is 8.15. The number of unbranched alkanes of at least 4 members (excludes halogenated alkanes) is 1. The number of hydrogen-bond acceptors (Lipinski definition) is 4. The Kier molecular flexibility index (Phi) is 20.6. The van der Waals surface area contributed by atoms with Crippen molar-refractivity contribution in [2.24, 2.45) is 5.73 Å². The Morgan fingerprint density at radius 3 is 1.86 bits per heavy atom. The number of nitrogens with two attached hydrogens (primary N) is 1. The van der Waals surface area contributed by atoms with Crippen molar-refractivity contribution < 1.29 is 9.59 Å². The summed E-state index contributed by atoms with van der Waals surface area (Å²) < 4.78 is 0. The molecule has 196 valence electrons. The molecule has 0 fully saturated rings. The van der Waals surface area contributed by atoms with Gasteiger partial charge < -0.3 is 16.0 Å². The van der Waals surface area contributed by atoms with Crippen LogP contribution in [0, 0.1) is 5.41 Å². The van der Waals surface area contributed by atoms with Gasteiger partial charge in [0.25, 0.3) is 0 Å². The monoisotopic (exact) mass is 486 g/mol. The van der Waals surface area contributed by atoms with Crippen LogP contribution in [0.25, 0.3) is 0 Å². The van der Waals surface area contributed by atoms with Crippen LogP contribution in [0.1, 0.15) is 58.3 Å². The smallest absolute Gasteiger partial charge is 0.239 e. The molecule has 0 aromatic heterocycles. The van der Waals surface area contributed by atoms with Gasteiger partial charge in [-0.3, -0.25) is 20.4 Å². The van der Waals surface area contributed by atoms with Crippen LogP contribution in [0.5, 0.6) is 0 Å². The van der Waals surface area contributed by atoms with E-state index in [-0.39, 0.29) is 24.3 Å². The molecular weight excluding hydrogens is 440 g/mol. The molecule has 0 rings (SSSR count). The fourth-order valence-corrected chi connectivity index (χ4v) is 2.79. The highest BCUT2D eigenvalue weighted by molar-refractivity contribution is 5.84. The highest BCUT2D eigenvalue weighted by Crippen LogP contribution is 1.99. The minimum atomic E-state index is -0.223. The summed E-state index contributed by atoms with van der Waals surface area (Å²) in [6.07, 6.45) is 28.8. The van der Waals surface area contributed by atoms with E-state index < -0.39 is 0 Å². The first-order valence-corrected chi connectivity index (χ1v) is 12.4. The lowest BCUT2D eigenvalue weighted by atomic mass is 10.2. The predicted molar refractivity (Wildman–Crippen MR) is 147 cm³/mol. The first kappa shape index (κ1) is 31.9. The number of amides is 2. The Morgan fingerprint density at radius 2 is 1.34 bits per heavy atom. The fraction of sp³-hybridized carbons (Fsp3) is 0.519. The van der Waals surface area contributed by atoms with Crippen molar-refractivity contribution in [1.29, 1.82) is 5.41 Å². The minimum absolute atomic E-state index is 0.0290. The molecule has 0 heterocycles. The van der Waals surface area contributed by atoms with Crippen molar-refractivity contribution in [3.8, 4) is 0 Å². The third kappa shape index (κ3) is 22.4. The van der Waals surface area contributed by atoms with Crippen LogP contribution in [-0.4, -0.2) is 61.4 Å². The zero-order chi connectivity index (χ0) is 26.2. The van der Waals surface area contributed by atoms with Crippen molar-refractivity contribution in [3.05, 3.63) is 60.8 Å². The van der Waals surface area contributed by atoms with E-state index in [2.05, 4.69) is 78.4 Å². The van der Waals surface area contributed by atoms with E-state index in [0.717, 1.165) is 44.9 Å². The van der Waals surface area contributed by atoms with E-state index in [1.807, 2.05) is 0 Å². The van der Waals surface area contributed by atoms with Crippen LogP contribution in [-0.2, 0) is 9.59 Å². The van der Waals surface area contributed by atoms with E-state index in [4.69, 9.17) is 11.1 Å². The topological polar surface area (TPSA) is 115 Å². The third-order valence-electron chi connectivity index (χ3n) is 4.81. The Hall–Kier alpha value is -3.13. The Labute approximate surface area is 212 Å². The first-order valence-electron chi connectivity index (χ1n) is 12.4. The molecule has 0 saturated carbocycles. The summed E-state index contributed by atoms with van der Waals surface area (Å²) in [7, 11) is 3.34. The molecule has 35 heavy (non-hydrogen) atoms. The maximum atomic E-state index is 12.0. The van der Waals surface area contributed by atoms with Gasteiger partial charge in [-0.25, -0.2) is 5.01 Å². The van der Waals surface area contributed by atoms with Crippen LogP contribution in [0.4, 0.5) is 0 Å². The van der Waals surface area contributed by atoms with Gasteiger partial charge in [0.2, 0.25) is 11.8 Å². The second-order valence-corrected chi connectivity index (χ2v) is 8.15. The quantitative estimate of drug-likeness (QED) is 0.0729. The summed E-state index contributed by atoms with van der Waals surface area (Å²) in [6.45, 7) is 3.04. The molecule has 0 aromatic rings. The van der Waals surface area contributed by atoms with Gasteiger partial charge in [-0.1, -0.05) is 67.7 Å². The highest BCUT2D eigenvalue weighted by Gasteiger charge is 2.08. The average Bonchev–Trinajstić information content (AvgIpc) is 2.80. The van der Waals surface area contributed by atoms with E-state index in [9.17, 15) is 9.59 Å². The second kappa shape index (κ2) is 22.7. The number of likely N-dealkylation sites (N-methyl/N-ethyl adjacent to an activating group) is 2. The summed E-state index contributed by atoms with van der Waals surface area (Å²) in [4.78, 5) is 25.1. The molecule has 5 N–H and O–H groups in total. The van der Waals surface area contributed by atoms with Crippen LogP contribution < -0.4 is 16.5 Å². The number of rotatable bonds is 19. The Morgan fingerprint density at radius 1 is 0.829 bits per heavy atom. The van der Waals surface area contributed by atoms with Gasteiger partial charge in [0.15, 0.2) is 5.96 Å². The maximum Gasteiger partial charge on any atom is 0.239 e. The number of carbonyl (C=O) groups is 2. The summed E-state index contributed by atoms with van der Waals surface area (Å²) >= 11 is 0. The van der Waals surface area contributed by atoms with Crippen molar-refractivity contribution in [2.45, 2.75) is 58.3 Å². The molecule has 0 radical (unpaired) electrons. The fourth-order valence-electron chi connectivity index (χ4n) is 2.79. The van der Waals surface area contributed by atoms with Crippen molar-refractivity contribution in [2.75, 3.05) is 33.7 Å². The number of hydrazine groups is 1. The van der Waals surface area contributed by atoms with Crippen molar-refractivity contribution in [1.82, 2.24) is 20.7 Å².